The molecule has 1 spiro atoms. The second-order valence-corrected chi connectivity index (χ2v) is 10.6. The number of urea groups is 1. The molecule has 1 saturated carbocycles. The van der Waals surface area contributed by atoms with Crippen molar-refractivity contribution >= 4 is 23.7 Å². The van der Waals surface area contributed by atoms with E-state index >= 15 is 0 Å². The summed E-state index contributed by atoms with van der Waals surface area (Å²) in [6.07, 6.45) is 5.80. The van der Waals surface area contributed by atoms with Crippen LogP contribution >= 0.6 is 0 Å². The summed E-state index contributed by atoms with van der Waals surface area (Å²) in [4.78, 5) is 39.4. The number of nitrogens with zero attached hydrogens (tertiary/aromatic N) is 3. The molecule has 0 atom stereocenters. The Balaban J connectivity index is 1.38. The third-order valence-corrected chi connectivity index (χ3v) is 7.22. The molecule has 1 aromatic heterocycles. The summed E-state index contributed by atoms with van der Waals surface area (Å²) in [6, 6.07) is 9.57. The van der Waals surface area contributed by atoms with Crippen LogP contribution in [0.3, 0.4) is 0 Å². The van der Waals surface area contributed by atoms with Gasteiger partial charge >= 0.3 is 6.03 Å². The highest BCUT2D eigenvalue weighted by Crippen LogP contribution is 2.37. The van der Waals surface area contributed by atoms with Gasteiger partial charge in [-0.1, -0.05) is 58.4 Å². The van der Waals surface area contributed by atoms with E-state index in [9.17, 15) is 14.4 Å². The number of anilines is 1. The fourth-order valence-electron chi connectivity index (χ4n) is 4.91. The van der Waals surface area contributed by atoms with Crippen LogP contribution < -0.4 is 10.6 Å². The molecule has 2 N–H and O–H groups in total. The molecule has 1 aliphatic carbocycles. The van der Waals surface area contributed by atoms with Crippen molar-refractivity contribution in [3.05, 3.63) is 47.7 Å². The second-order valence-electron chi connectivity index (χ2n) is 10.6. The third kappa shape index (κ3) is 4.86. The Morgan fingerprint density at radius 1 is 1.15 bits per heavy atom. The molecule has 0 radical (unpaired) electrons. The molecule has 0 bridgehead atoms. The number of nitrogens with one attached hydrogen (secondary N) is 2. The highest BCUT2D eigenvalue weighted by Gasteiger charge is 2.52. The van der Waals surface area contributed by atoms with Crippen LogP contribution in [-0.4, -0.2) is 44.6 Å². The van der Waals surface area contributed by atoms with Gasteiger partial charge in [-0.15, -0.1) is 0 Å². The Labute approximate surface area is 201 Å². The van der Waals surface area contributed by atoms with Gasteiger partial charge in [0.2, 0.25) is 5.91 Å². The second kappa shape index (κ2) is 9.24. The molecular formula is C26H35N5O3. The molecule has 4 rings (SSSR count). The first-order chi connectivity index (χ1) is 16.1. The van der Waals surface area contributed by atoms with Crippen molar-refractivity contribution in [2.45, 2.75) is 77.3 Å². The van der Waals surface area contributed by atoms with Crippen LogP contribution in [0.25, 0.3) is 0 Å². The SMILES string of the molecule is CCC1CCC2(CC1)NC(=O)N(CC(=O)Nc1ccnn1Cc1ccc(C(C)(C)C)cc1)C2=O. The maximum Gasteiger partial charge on any atom is 0.325 e. The van der Waals surface area contributed by atoms with Crippen molar-refractivity contribution in [1.29, 1.82) is 0 Å². The lowest BCUT2D eigenvalue weighted by Crippen LogP contribution is -2.49. The highest BCUT2D eigenvalue weighted by atomic mass is 16.2. The van der Waals surface area contributed by atoms with Crippen LogP contribution in [0, 0.1) is 5.92 Å². The summed E-state index contributed by atoms with van der Waals surface area (Å²) in [7, 11) is 0. The van der Waals surface area contributed by atoms with Crippen molar-refractivity contribution in [1.82, 2.24) is 20.0 Å². The predicted molar refractivity (Wildman–Crippen MR) is 130 cm³/mol. The Morgan fingerprint density at radius 3 is 2.44 bits per heavy atom. The first-order valence-corrected chi connectivity index (χ1v) is 12.2. The lowest BCUT2D eigenvalue weighted by Gasteiger charge is -2.34. The van der Waals surface area contributed by atoms with Crippen LogP contribution in [0.4, 0.5) is 10.6 Å². The number of carbonyl (C=O) groups is 3. The van der Waals surface area contributed by atoms with Crippen molar-refractivity contribution in [2.24, 2.45) is 5.92 Å². The number of aromatic nitrogens is 2. The Morgan fingerprint density at radius 2 is 1.82 bits per heavy atom. The summed E-state index contributed by atoms with van der Waals surface area (Å²) < 4.78 is 1.70. The predicted octanol–water partition coefficient (Wildman–Crippen LogP) is 4.06. The van der Waals surface area contributed by atoms with Gasteiger partial charge in [-0.25, -0.2) is 9.48 Å². The van der Waals surface area contributed by atoms with Crippen molar-refractivity contribution in [3.8, 4) is 0 Å². The standard InChI is InChI=1S/C26H35N5O3/c1-5-18-10-13-26(14-11-18)23(33)30(24(34)29-26)17-22(32)28-21-12-15-27-31(21)16-19-6-8-20(9-7-19)25(2,3)4/h6-9,12,15,18H,5,10-11,13-14,16-17H2,1-4H3,(H,28,32)(H,29,34). The maximum absolute atomic E-state index is 13.1. The molecule has 8 heteroatoms. The van der Waals surface area contributed by atoms with Gasteiger partial charge in [0.25, 0.3) is 5.91 Å². The zero-order chi connectivity index (χ0) is 24.5. The number of rotatable bonds is 6. The highest BCUT2D eigenvalue weighted by molar-refractivity contribution is 6.10. The first kappa shape index (κ1) is 24.0. The van der Waals surface area contributed by atoms with E-state index < -0.39 is 17.5 Å². The summed E-state index contributed by atoms with van der Waals surface area (Å²) in [5, 5.41) is 10.0. The van der Waals surface area contributed by atoms with Crippen molar-refractivity contribution in [3.63, 3.8) is 0 Å². The molecule has 1 aliphatic heterocycles. The smallest absolute Gasteiger partial charge is 0.323 e. The van der Waals surface area contributed by atoms with Crippen molar-refractivity contribution in [2.75, 3.05) is 11.9 Å². The van der Waals surface area contributed by atoms with Gasteiger partial charge in [0.15, 0.2) is 0 Å². The third-order valence-electron chi connectivity index (χ3n) is 7.22. The minimum Gasteiger partial charge on any atom is -0.323 e. The maximum atomic E-state index is 13.1. The van der Waals surface area contributed by atoms with E-state index in [0.717, 1.165) is 29.7 Å². The van der Waals surface area contributed by atoms with E-state index in [1.807, 2.05) is 0 Å². The molecule has 4 amide bonds. The van der Waals surface area contributed by atoms with E-state index in [2.05, 4.69) is 67.7 Å². The van der Waals surface area contributed by atoms with E-state index in [4.69, 9.17) is 0 Å². The largest absolute Gasteiger partial charge is 0.325 e. The molecule has 2 fully saturated rings. The lowest BCUT2D eigenvalue weighted by molar-refractivity contribution is -0.135. The average Bonchev–Trinajstić information content (AvgIpc) is 3.31. The van der Waals surface area contributed by atoms with Gasteiger partial charge in [-0.3, -0.25) is 14.5 Å². The zero-order valence-corrected chi connectivity index (χ0v) is 20.6. The fraction of sp³-hybridized carbons (Fsp3) is 0.538. The summed E-state index contributed by atoms with van der Waals surface area (Å²) in [6.45, 7) is 8.86. The number of carbonyl (C=O) groups excluding carboxylic acids is 3. The molecule has 8 nitrogen and oxygen atoms in total. The number of benzene rings is 1. The fourth-order valence-corrected chi connectivity index (χ4v) is 4.91. The van der Waals surface area contributed by atoms with Gasteiger partial charge in [-0.2, -0.15) is 5.10 Å². The molecule has 182 valence electrons. The van der Waals surface area contributed by atoms with E-state index in [-0.39, 0.29) is 17.9 Å². The molecule has 0 unspecified atom stereocenters. The van der Waals surface area contributed by atoms with Crippen LogP contribution in [0.1, 0.15) is 70.9 Å². The number of imide groups is 1. The van der Waals surface area contributed by atoms with Crippen LogP contribution in [-0.2, 0) is 21.5 Å². The normalized spacial score (nSPS) is 22.8. The minimum atomic E-state index is -0.843. The van der Waals surface area contributed by atoms with Crippen LogP contribution in [0.15, 0.2) is 36.5 Å². The molecule has 34 heavy (non-hydrogen) atoms. The van der Waals surface area contributed by atoms with Crippen LogP contribution in [0.2, 0.25) is 0 Å². The Kier molecular flexibility index (Phi) is 6.51. The molecule has 2 aromatic rings. The number of hydrogen-bond acceptors (Lipinski definition) is 4. The summed E-state index contributed by atoms with van der Waals surface area (Å²) in [5.74, 6) is 0.412. The Bertz CT molecular complexity index is 1060. The van der Waals surface area contributed by atoms with E-state index in [1.165, 1.54) is 5.56 Å². The Hall–Kier alpha value is -3.16. The van der Waals surface area contributed by atoms with Gasteiger partial charge in [0.1, 0.15) is 17.9 Å². The number of hydrogen-bond donors (Lipinski definition) is 2. The average molecular weight is 466 g/mol. The van der Waals surface area contributed by atoms with E-state index in [1.54, 1.807) is 16.9 Å². The molecule has 1 saturated heterocycles. The van der Waals surface area contributed by atoms with Gasteiger partial charge in [0, 0.05) is 6.07 Å². The minimum absolute atomic E-state index is 0.0799. The van der Waals surface area contributed by atoms with Crippen molar-refractivity contribution < 1.29 is 14.4 Å². The molecular weight excluding hydrogens is 430 g/mol. The van der Waals surface area contributed by atoms with Gasteiger partial charge in [0.05, 0.1) is 12.7 Å². The summed E-state index contributed by atoms with van der Waals surface area (Å²) in [5.41, 5.74) is 1.55. The van der Waals surface area contributed by atoms with E-state index in [0.29, 0.717) is 31.1 Å². The van der Waals surface area contributed by atoms with Gasteiger partial charge < -0.3 is 10.6 Å². The first-order valence-electron chi connectivity index (χ1n) is 12.2. The zero-order valence-electron chi connectivity index (χ0n) is 20.6. The lowest BCUT2D eigenvalue weighted by atomic mass is 9.75. The quantitative estimate of drug-likeness (QED) is 0.629. The van der Waals surface area contributed by atoms with Crippen LogP contribution in [0.5, 0.6) is 0 Å². The topological polar surface area (TPSA) is 96.3 Å². The molecule has 2 heterocycles. The molecule has 2 aliphatic rings. The monoisotopic (exact) mass is 465 g/mol. The number of amides is 4. The summed E-state index contributed by atoms with van der Waals surface area (Å²) >= 11 is 0. The molecule has 1 aromatic carbocycles. The van der Waals surface area contributed by atoms with Gasteiger partial charge in [-0.05, 0) is 48.1 Å².